The molecule has 1 aromatic carbocycles. The summed E-state index contributed by atoms with van der Waals surface area (Å²) in [6, 6.07) is 9.98. The van der Waals surface area contributed by atoms with Crippen molar-refractivity contribution in [2.45, 2.75) is 6.92 Å². The van der Waals surface area contributed by atoms with E-state index in [1.54, 1.807) is 6.20 Å². The summed E-state index contributed by atoms with van der Waals surface area (Å²) in [5.74, 6) is 0.447. The van der Waals surface area contributed by atoms with Crippen molar-refractivity contribution in [1.82, 2.24) is 10.3 Å². The first-order chi connectivity index (χ1) is 10.7. The molecule has 0 unspecified atom stereocenters. The van der Waals surface area contributed by atoms with Crippen LogP contribution in [0.15, 0.2) is 36.5 Å². The van der Waals surface area contributed by atoms with Gasteiger partial charge in [0.25, 0.3) is 5.91 Å². The molecule has 0 bridgehead atoms. The standard InChI is InChI=1S/C17H20N4O/c1-12-4-2-3-5-13(12)14-10-16(20-11-15(14)17(18)22)21-8-6-19-7-9-21/h2-5,10-11,19H,6-9H2,1H3,(H2,18,22). The van der Waals surface area contributed by atoms with E-state index in [1.165, 1.54) is 0 Å². The number of aryl methyl sites for hydroxylation is 1. The molecule has 1 aliphatic heterocycles. The molecule has 114 valence electrons. The van der Waals surface area contributed by atoms with E-state index in [2.05, 4.69) is 15.2 Å². The maximum Gasteiger partial charge on any atom is 0.250 e. The lowest BCUT2D eigenvalue weighted by Gasteiger charge is -2.29. The predicted molar refractivity (Wildman–Crippen MR) is 88.0 cm³/mol. The van der Waals surface area contributed by atoms with Crippen LogP contribution in [0, 0.1) is 6.92 Å². The number of rotatable bonds is 3. The molecular weight excluding hydrogens is 276 g/mol. The van der Waals surface area contributed by atoms with Crippen LogP contribution in [0.5, 0.6) is 0 Å². The number of carbonyl (C=O) groups excluding carboxylic acids is 1. The molecule has 2 aromatic rings. The second kappa shape index (κ2) is 6.15. The number of anilines is 1. The molecule has 1 amide bonds. The minimum absolute atomic E-state index is 0.447. The minimum atomic E-state index is -0.447. The van der Waals surface area contributed by atoms with Gasteiger partial charge in [-0.3, -0.25) is 4.79 Å². The van der Waals surface area contributed by atoms with Crippen LogP contribution >= 0.6 is 0 Å². The SMILES string of the molecule is Cc1ccccc1-c1cc(N2CCNCC2)ncc1C(N)=O. The largest absolute Gasteiger partial charge is 0.366 e. The molecule has 3 N–H and O–H groups in total. The zero-order chi connectivity index (χ0) is 15.5. The Morgan fingerprint density at radius 3 is 2.64 bits per heavy atom. The quantitative estimate of drug-likeness (QED) is 0.902. The number of aromatic nitrogens is 1. The van der Waals surface area contributed by atoms with Crippen molar-refractivity contribution in [2.75, 3.05) is 31.1 Å². The maximum absolute atomic E-state index is 11.8. The minimum Gasteiger partial charge on any atom is -0.366 e. The average Bonchev–Trinajstić information content (AvgIpc) is 2.55. The number of benzene rings is 1. The summed E-state index contributed by atoms with van der Waals surface area (Å²) < 4.78 is 0. The summed E-state index contributed by atoms with van der Waals surface area (Å²) in [6.07, 6.45) is 1.60. The van der Waals surface area contributed by atoms with Crippen LogP contribution in [0.4, 0.5) is 5.82 Å². The number of nitrogens with zero attached hydrogens (tertiary/aromatic N) is 2. The van der Waals surface area contributed by atoms with Crippen LogP contribution < -0.4 is 16.0 Å². The molecule has 0 atom stereocenters. The highest BCUT2D eigenvalue weighted by molar-refractivity contribution is 6.00. The molecule has 22 heavy (non-hydrogen) atoms. The summed E-state index contributed by atoms with van der Waals surface area (Å²) in [7, 11) is 0. The third-order valence-electron chi connectivity index (χ3n) is 4.03. The van der Waals surface area contributed by atoms with E-state index in [-0.39, 0.29) is 0 Å². The first kappa shape index (κ1) is 14.5. The van der Waals surface area contributed by atoms with Crippen LogP contribution in [-0.2, 0) is 0 Å². The van der Waals surface area contributed by atoms with Crippen LogP contribution in [0.1, 0.15) is 15.9 Å². The van der Waals surface area contributed by atoms with Gasteiger partial charge >= 0.3 is 0 Å². The Balaban J connectivity index is 2.09. The molecule has 1 aromatic heterocycles. The van der Waals surface area contributed by atoms with Gasteiger partial charge in [0, 0.05) is 32.4 Å². The third-order valence-corrected chi connectivity index (χ3v) is 4.03. The molecule has 0 saturated carbocycles. The number of pyridine rings is 1. The molecular formula is C17H20N4O. The van der Waals surface area contributed by atoms with E-state index < -0.39 is 5.91 Å². The fourth-order valence-electron chi connectivity index (χ4n) is 2.81. The van der Waals surface area contributed by atoms with Gasteiger partial charge in [-0.15, -0.1) is 0 Å². The summed E-state index contributed by atoms with van der Waals surface area (Å²) in [6.45, 7) is 5.75. The Bertz CT molecular complexity index is 693. The number of hydrogen-bond acceptors (Lipinski definition) is 4. The zero-order valence-electron chi connectivity index (χ0n) is 12.7. The van der Waals surface area contributed by atoms with Gasteiger partial charge in [-0.2, -0.15) is 0 Å². The monoisotopic (exact) mass is 296 g/mol. The van der Waals surface area contributed by atoms with E-state index in [1.807, 2.05) is 37.3 Å². The highest BCUT2D eigenvalue weighted by atomic mass is 16.1. The molecule has 5 nitrogen and oxygen atoms in total. The molecule has 1 aliphatic rings. The smallest absolute Gasteiger partial charge is 0.250 e. The fraction of sp³-hybridized carbons (Fsp3) is 0.294. The van der Waals surface area contributed by atoms with Crippen molar-refractivity contribution in [1.29, 1.82) is 0 Å². The summed E-state index contributed by atoms with van der Waals surface area (Å²) in [5, 5.41) is 3.33. The molecule has 0 spiro atoms. The lowest BCUT2D eigenvalue weighted by Crippen LogP contribution is -2.43. The molecule has 1 fully saturated rings. The molecule has 3 rings (SSSR count). The molecule has 1 saturated heterocycles. The Morgan fingerprint density at radius 2 is 1.95 bits per heavy atom. The Morgan fingerprint density at radius 1 is 1.23 bits per heavy atom. The van der Waals surface area contributed by atoms with Gasteiger partial charge in [0.2, 0.25) is 0 Å². The van der Waals surface area contributed by atoms with Crippen molar-refractivity contribution < 1.29 is 4.79 Å². The number of carbonyl (C=O) groups is 1. The highest BCUT2D eigenvalue weighted by Crippen LogP contribution is 2.29. The Kier molecular flexibility index (Phi) is 4.06. The van der Waals surface area contributed by atoms with Gasteiger partial charge in [0.05, 0.1) is 5.56 Å². The second-order valence-corrected chi connectivity index (χ2v) is 5.50. The Hall–Kier alpha value is -2.40. The predicted octanol–water partition coefficient (Wildman–Crippen LogP) is 1.57. The summed E-state index contributed by atoms with van der Waals surface area (Å²) in [4.78, 5) is 18.4. The van der Waals surface area contributed by atoms with Crippen LogP contribution in [-0.4, -0.2) is 37.1 Å². The average molecular weight is 296 g/mol. The van der Waals surface area contributed by atoms with Crippen molar-refractivity contribution in [2.24, 2.45) is 5.73 Å². The highest BCUT2D eigenvalue weighted by Gasteiger charge is 2.17. The normalized spacial score (nSPS) is 14.9. The van der Waals surface area contributed by atoms with Crippen LogP contribution in [0.2, 0.25) is 0 Å². The third kappa shape index (κ3) is 2.80. The summed E-state index contributed by atoms with van der Waals surface area (Å²) >= 11 is 0. The maximum atomic E-state index is 11.8. The fourth-order valence-corrected chi connectivity index (χ4v) is 2.81. The van der Waals surface area contributed by atoms with Crippen LogP contribution in [0.25, 0.3) is 11.1 Å². The number of nitrogens with two attached hydrogens (primary N) is 1. The van der Waals surface area contributed by atoms with Crippen molar-refractivity contribution in [3.8, 4) is 11.1 Å². The van der Waals surface area contributed by atoms with Crippen LogP contribution in [0.3, 0.4) is 0 Å². The van der Waals surface area contributed by atoms with Gasteiger partial charge in [-0.25, -0.2) is 4.98 Å². The van der Waals surface area contributed by atoms with Crippen molar-refractivity contribution in [3.63, 3.8) is 0 Å². The van der Waals surface area contributed by atoms with E-state index >= 15 is 0 Å². The topological polar surface area (TPSA) is 71.2 Å². The number of amides is 1. The van der Waals surface area contributed by atoms with Gasteiger partial charge in [-0.05, 0) is 29.7 Å². The van der Waals surface area contributed by atoms with E-state index in [0.29, 0.717) is 5.56 Å². The van der Waals surface area contributed by atoms with E-state index in [9.17, 15) is 4.79 Å². The summed E-state index contributed by atoms with van der Waals surface area (Å²) in [5.41, 5.74) is 8.99. The number of hydrogen-bond donors (Lipinski definition) is 2. The van der Waals surface area contributed by atoms with Gasteiger partial charge < -0.3 is 16.0 Å². The first-order valence-corrected chi connectivity index (χ1v) is 7.48. The Labute approximate surface area is 130 Å². The van der Waals surface area contributed by atoms with E-state index in [0.717, 1.165) is 48.7 Å². The van der Waals surface area contributed by atoms with Gasteiger partial charge in [0.1, 0.15) is 5.82 Å². The number of primary amides is 1. The molecule has 2 heterocycles. The van der Waals surface area contributed by atoms with E-state index in [4.69, 9.17) is 5.73 Å². The second-order valence-electron chi connectivity index (χ2n) is 5.50. The first-order valence-electron chi connectivity index (χ1n) is 7.48. The lowest BCUT2D eigenvalue weighted by molar-refractivity contribution is 0.100. The number of piperazine rings is 1. The zero-order valence-corrected chi connectivity index (χ0v) is 12.7. The lowest BCUT2D eigenvalue weighted by atomic mass is 9.97. The van der Waals surface area contributed by atoms with Crippen molar-refractivity contribution in [3.05, 3.63) is 47.7 Å². The number of nitrogens with one attached hydrogen (secondary N) is 1. The van der Waals surface area contributed by atoms with Crippen molar-refractivity contribution >= 4 is 11.7 Å². The molecule has 5 heteroatoms. The molecule has 0 radical (unpaired) electrons. The van der Waals surface area contributed by atoms with Gasteiger partial charge in [0.15, 0.2) is 0 Å². The molecule has 0 aliphatic carbocycles. The van der Waals surface area contributed by atoms with Gasteiger partial charge in [-0.1, -0.05) is 24.3 Å².